The van der Waals surface area contributed by atoms with E-state index in [-0.39, 0.29) is 0 Å². The standard InChI is InChI=1S/C10H17N3/c1-3-4-5-9(2)13-10-8-11-6-7-12-10/h6-9H,3-5H2,1-2H3,(H,12,13). The summed E-state index contributed by atoms with van der Waals surface area (Å²) in [6.07, 6.45) is 8.83. The van der Waals surface area contributed by atoms with Gasteiger partial charge in [0.25, 0.3) is 0 Å². The lowest BCUT2D eigenvalue weighted by atomic mass is 10.1. The minimum atomic E-state index is 0.483. The summed E-state index contributed by atoms with van der Waals surface area (Å²) in [5.41, 5.74) is 0. The maximum atomic E-state index is 4.15. The summed E-state index contributed by atoms with van der Waals surface area (Å²) in [5, 5.41) is 3.30. The average molecular weight is 179 g/mol. The molecule has 1 unspecified atom stereocenters. The molecule has 1 aromatic heterocycles. The van der Waals surface area contributed by atoms with Crippen molar-refractivity contribution in [2.24, 2.45) is 0 Å². The molecule has 0 amide bonds. The number of anilines is 1. The van der Waals surface area contributed by atoms with Gasteiger partial charge in [0.15, 0.2) is 0 Å². The number of unbranched alkanes of at least 4 members (excludes halogenated alkanes) is 1. The second-order valence-electron chi connectivity index (χ2n) is 3.28. The van der Waals surface area contributed by atoms with Gasteiger partial charge in [-0.1, -0.05) is 19.8 Å². The number of nitrogens with one attached hydrogen (secondary N) is 1. The third-order valence-electron chi connectivity index (χ3n) is 1.95. The molecule has 0 aliphatic rings. The van der Waals surface area contributed by atoms with Crippen molar-refractivity contribution < 1.29 is 0 Å². The summed E-state index contributed by atoms with van der Waals surface area (Å²) in [6.45, 7) is 4.37. The van der Waals surface area contributed by atoms with E-state index in [1.807, 2.05) is 0 Å². The number of hydrogen-bond donors (Lipinski definition) is 1. The van der Waals surface area contributed by atoms with Crippen LogP contribution < -0.4 is 5.32 Å². The van der Waals surface area contributed by atoms with Crippen LogP contribution in [-0.4, -0.2) is 16.0 Å². The van der Waals surface area contributed by atoms with Crippen molar-refractivity contribution in [2.75, 3.05) is 5.32 Å². The van der Waals surface area contributed by atoms with Crippen molar-refractivity contribution in [3.63, 3.8) is 0 Å². The van der Waals surface area contributed by atoms with Gasteiger partial charge in [0.05, 0.1) is 6.20 Å². The molecule has 0 saturated heterocycles. The molecule has 1 heterocycles. The van der Waals surface area contributed by atoms with Crippen molar-refractivity contribution in [3.8, 4) is 0 Å². The molecule has 13 heavy (non-hydrogen) atoms. The van der Waals surface area contributed by atoms with Crippen LogP contribution in [0.1, 0.15) is 33.1 Å². The second kappa shape index (κ2) is 5.51. The van der Waals surface area contributed by atoms with Gasteiger partial charge in [-0.25, -0.2) is 4.98 Å². The van der Waals surface area contributed by atoms with E-state index < -0.39 is 0 Å². The van der Waals surface area contributed by atoms with Gasteiger partial charge in [-0.05, 0) is 13.3 Å². The Morgan fingerprint density at radius 1 is 1.46 bits per heavy atom. The summed E-state index contributed by atoms with van der Waals surface area (Å²) in [7, 11) is 0. The lowest BCUT2D eigenvalue weighted by molar-refractivity contribution is 0.643. The van der Waals surface area contributed by atoms with E-state index in [2.05, 4.69) is 29.1 Å². The molecular formula is C10H17N3. The fourth-order valence-electron chi connectivity index (χ4n) is 1.21. The molecule has 0 fully saturated rings. The van der Waals surface area contributed by atoms with Crippen molar-refractivity contribution in [1.29, 1.82) is 0 Å². The molecule has 3 heteroatoms. The van der Waals surface area contributed by atoms with E-state index >= 15 is 0 Å². The quantitative estimate of drug-likeness (QED) is 0.754. The first kappa shape index (κ1) is 9.96. The molecule has 1 aromatic rings. The summed E-state index contributed by atoms with van der Waals surface area (Å²) in [4.78, 5) is 8.15. The van der Waals surface area contributed by atoms with Gasteiger partial charge in [0, 0.05) is 18.4 Å². The minimum absolute atomic E-state index is 0.483. The first-order valence-electron chi connectivity index (χ1n) is 4.85. The van der Waals surface area contributed by atoms with Gasteiger partial charge in [-0.15, -0.1) is 0 Å². The summed E-state index contributed by atoms with van der Waals surface area (Å²) < 4.78 is 0. The monoisotopic (exact) mass is 179 g/mol. The van der Waals surface area contributed by atoms with E-state index in [1.54, 1.807) is 18.6 Å². The van der Waals surface area contributed by atoms with E-state index in [9.17, 15) is 0 Å². The van der Waals surface area contributed by atoms with Crippen LogP contribution in [0.2, 0.25) is 0 Å². The maximum absolute atomic E-state index is 4.15. The molecule has 3 nitrogen and oxygen atoms in total. The molecule has 0 aliphatic carbocycles. The third kappa shape index (κ3) is 3.87. The maximum Gasteiger partial charge on any atom is 0.144 e. The summed E-state index contributed by atoms with van der Waals surface area (Å²) in [6, 6.07) is 0.483. The van der Waals surface area contributed by atoms with Crippen LogP contribution in [0.4, 0.5) is 5.82 Å². The normalized spacial score (nSPS) is 12.5. The Morgan fingerprint density at radius 3 is 2.92 bits per heavy atom. The van der Waals surface area contributed by atoms with Crippen molar-refractivity contribution >= 4 is 5.82 Å². The molecule has 0 radical (unpaired) electrons. The molecule has 0 bridgehead atoms. The van der Waals surface area contributed by atoms with Gasteiger partial charge in [0.1, 0.15) is 5.82 Å². The lowest BCUT2D eigenvalue weighted by Gasteiger charge is -2.12. The van der Waals surface area contributed by atoms with Gasteiger partial charge >= 0.3 is 0 Å². The Balaban J connectivity index is 2.32. The van der Waals surface area contributed by atoms with Gasteiger partial charge in [-0.2, -0.15) is 0 Å². The number of nitrogens with zero attached hydrogens (tertiary/aromatic N) is 2. The number of rotatable bonds is 5. The number of hydrogen-bond acceptors (Lipinski definition) is 3. The molecule has 0 spiro atoms. The molecule has 1 rings (SSSR count). The van der Waals surface area contributed by atoms with E-state index in [4.69, 9.17) is 0 Å². The first-order chi connectivity index (χ1) is 6.33. The third-order valence-corrected chi connectivity index (χ3v) is 1.95. The molecule has 0 aliphatic heterocycles. The topological polar surface area (TPSA) is 37.8 Å². The fourth-order valence-corrected chi connectivity index (χ4v) is 1.21. The summed E-state index contributed by atoms with van der Waals surface area (Å²) >= 11 is 0. The lowest BCUT2D eigenvalue weighted by Crippen LogP contribution is -2.15. The van der Waals surface area contributed by atoms with Crippen molar-refractivity contribution in [3.05, 3.63) is 18.6 Å². The molecule has 1 N–H and O–H groups in total. The fraction of sp³-hybridized carbons (Fsp3) is 0.600. The SMILES string of the molecule is CCCCC(C)Nc1cnccn1. The highest BCUT2D eigenvalue weighted by molar-refractivity contribution is 5.30. The zero-order valence-electron chi connectivity index (χ0n) is 8.33. The number of aromatic nitrogens is 2. The van der Waals surface area contributed by atoms with Gasteiger partial charge in [0.2, 0.25) is 0 Å². The zero-order chi connectivity index (χ0) is 9.52. The highest BCUT2D eigenvalue weighted by Crippen LogP contribution is 2.06. The molecule has 72 valence electrons. The van der Waals surface area contributed by atoms with Crippen LogP contribution >= 0.6 is 0 Å². The molecule has 1 atom stereocenters. The Bertz CT molecular complexity index is 223. The Hall–Kier alpha value is -1.12. The highest BCUT2D eigenvalue weighted by atomic mass is 15.0. The van der Waals surface area contributed by atoms with Gasteiger partial charge in [-0.3, -0.25) is 4.98 Å². The van der Waals surface area contributed by atoms with E-state index in [0.29, 0.717) is 6.04 Å². The first-order valence-corrected chi connectivity index (χ1v) is 4.85. The minimum Gasteiger partial charge on any atom is -0.366 e. The van der Waals surface area contributed by atoms with Crippen LogP contribution in [0.15, 0.2) is 18.6 Å². The zero-order valence-corrected chi connectivity index (χ0v) is 8.33. The van der Waals surface area contributed by atoms with E-state index in [1.165, 1.54) is 19.3 Å². The predicted octanol–water partition coefficient (Wildman–Crippen LogP) is 2.47. The van der Waals surface area contributed by atoms with Crippen LogP contribution in [0, 0.1) is 0 Å². The predicted molar refractivity (Wildman–Crippen MR) is 54.6 cm³/mol. The molecular weight excluding hydrogens is 162 g/mol. The average Bonchev–Trinajstić information content (AvgIpc) is 2.16. The summed E-state index contributed by atoms with van der Waals surface area (Å²) in [5.74, 6) is 0.867. The largest absolute Gasteiger partial charge is 0.366 e. The van der Waals surface area contributed by atoms with Crippen LogP contribution in [0.3, 0.4) is 0 Å². The smallest absolute Gasteiger partial charge is 0.144 e. The molecule has 0 aromatic carbocycles. The Labute approximate surface area is 79.6 Å². The van der Waals surface area contributed by atoms with Gasteiger partial charge < -0.3 is 5.32 Å². The Kier molecular flexibility index (Phi) is 4.23. The highest BCUT2D eigenvalue weighted by Gasteiger charge is 2.00. The Morgan fingerprint density at radius 2 is 2.31 bits per heavy atom. The van der Waals surface area contributed by atoms with Crippen LogP contribution in [0.25, 0.3) is 0 Å². The second-order valence-corrected chi connectivity index (χ2v) is 3.28. The molecule has 0 saturated carbocycles. The van der Waals surface area contributed by atoms with Crippen LogP contribution in [0.5, 0.6) is 0 Å². The van der Waals surface area contributed by atoms with Crippen LogP contribution in [-0.2, 0) is 0 Å². The van der Waals surface area contributed by atoms with E-state index in [0.717, 1.165) is 5.82 Å². The van der Waals surface area contributed by atoms with Crippen molar-refractivity contribution in [2.45, 2.75) is 39.2 Å². The van der Waals surface area contributed by atoms with Crippen molar-refractivity contribution in [1.82, 2.24) is 9.97 Å².